The summed E-state index contributed by atoms with van der Waals surface area (Å²) in [6, 6.07) is 7.66. The maximum absolute atomic E-state index is 12.2. The van der Waals surface area contributed by atoms with Gasteiger partial charge in [-0.2, -0.15) is 0 Å². The van der Waals surface area contributed by atoms with Gasteiger partial charge in [0.1, 0.15) is 5.82 Å². The molecule has 1 aliphatic heterocycles. The van der Waals surface area contributed by atoms with Crippen molar-refractivity contribution in [3.8, 4) is 0 Å². The first-order valence-corrected chi connectivity index (χ1v) is 9.01. The molecule has 3 aromatic rings. The van der Waals surface area contributed by atoms with E-state index in [9.17, 15) is 14.4 Å². The molecular weight excluding hydrogens is 360 g/mol. The van der Waals surface area contributed by atoms with Crippen molar-refractivity contribution in [3.63, 3.8) is 0 Å². The molecule has 0 aliphatic carbocycles. The molecule has 3 heterocycles. The van der Waals surface area contributed by atoms with Crippen LogP contribution in [0.15, 0.2) is 36.7 Å². The molecule has 0 spiro atoms. The summed E-state index contributed by atoms with van der Waals surface area (Å²) in [6.07, 6.45) is 4.17. The monoisotopic (exact) mass is 378 g/mol. The summed E-state index contributed by atoms with van der Waals surface area (Å²) in [6.45, 7) is 0.565. The Morgan fingerprint density at radius 3 is 2.46 bits per heavy atom. The minimum atomic E-state index is -0.428. The third-order valence-corrected chi connectivity index (χ3v) is 4.52. The molecule has 142 valence electrons. The van der Waals surface area contributed by atoms with Crippen molar-refractivity contribution < 1.29 is 14.4 Å². The lowest BCUT2D eigenvalue weighted by atomic mass is 10.2. The normalized spacial score (nSPS) is 13.2. The van der Waals surface area contributed by atoms with E-state index in [4.69, 9.17) is 0 Å². The Kier molecular flexibility index (Phi) is 4.79. The summed E-state index contributed by atoms with van der Waals surface area (Å²) < 4.78 is 0. The van der Waals surface area contributed by atoms with Crippen LogP contribution in [0.3, 0.4) is 0 Å². The van der Waals surface area contributed by atoms with Crippen LogP contribution in [0.5, 0.6) is 0 Å². The van der Waals surface area contributed by atoms with Crippen LogP contribution in [-0.2, 0) is 11.3 Å². The molecule has 9 heteroatoms. The topological polar surface area (TPSA) is 121 Å². The van der Waals surface area contributed by atoms with Gasteiger partial charge in [0, 0.05) is 25.4 Å². The highest BCUT2D eigenvalue weighted by Crippen LogP contribution is 2.19. The van der Waals surface area contributed by atoms with Crippen LogP contribution in [-0.4, -0.2) is 49.1 Å². The summed E-state index contributed by atoms with van der Waals surface area (Å²) in [5.74, 6) is -0.267. The van der Waals surface area contributed by atoms with Crippen LogP contribution in [0.2, 0.25) is 0 Å². The molecule has 2 aromatic heterocycles. The van der Waals surface area contributed by atoms with Gasteiger partial charge in [-0.3, -0.25) is 19.3 Å². The summed E-state index contributed by atoms with van der Waals surface area (Å²) in [4.78, 5) is 52.9. The molecule has 1 aromatic carbocycles. The van der Waals surface area contributed by atoms with E-state index in [2.05, 4.69) is 25.3 Å². The number of amides is 3. The van der Waals surface area contributed by atoms with Crippen molar-refractivity contribution in [1.82, 2.24) is 30.2 Å². The molecule has 0 saturated heterocycles. The molecule has 0 saturated carbocycles. The molecular formula is C19H18N6O3. The van der Waals surface area contributed by atoms with E-state index in [1.807, 2.05) is 24.3 Å². The lowest BCUT2D eigenvalue weighted by Gasteiger charge is -2.12. The number of H-pyrrole nitrogens is 1. The number of rotatable bonds is 7. The first-order chi connectivity index (χ1) is 13.6. The fraction of sp³-hybridized carbons (Fsp3) is 0.263. The zero-order chi connectivity index (χ0) is 19.5. The Balaban J connectivity index is 1.21. The Bertz CT molecular complexity index is 993. The van der Waals surface area contributed by atoms with Crippen molar-refractivity contribution in [2.45, 2.75) is 25.8 Å². The lowest BCUT2D eigenvalue weighted by molar-refractivity contribution is -0.121. The largest absolute Gasteiger partial charge is 0.349 e. The van der Waals surface area contributed by atoms with Crippen LogP contribution >= 0.6 is 0 Å². The molecule has 4 rings (SSSR count). The molecule has 0 atom stereocenters. The minimum Gasteiger partial charge on any atom is -0.349 e. The van der Waals surface area contributed by atoms with E-state index in [0.717, 1.165) is 15.9 Å². The number of imide groups is 1. The van der Waals surface area contributed by atoms with Gasteiger partial charge in [0.15, 0.2) is 11.4 Å². The maximum atomic E-state index is 12.2. The quantitative estimate of drug-likeness (QED) is 0.474. The van der Waals surface area contributed by atoms with Gasteiger partial charge in [0.2, 0.25) is 5.91 Å². The second-order valence-corrected chi connectivity index (χ2v) is 6.45. The van der Waals surface area contributed by atoms with Crippen LogP contribution in [0, 0.1) is 0 Å². The number of benzene rings is 1. The third-order valence-electron chi connectivity index (χ3n) is 4.52. The van der Waals surface area contributed by atoms with Crippen LogP contribution in [0.4, 0.5) is 0 Å². The Morgan fingerprint density at radius 2 is 1.75 bits per heavy atom. The third kappa shape index (κ3) is 3.46. The predicted molar refractivity (Wildman–Crippen MR) is 99.2 cm³/mol. The number of carbonyl (C=O) groups is 3. The second-order valence-electron chi connectivity index (χ2n) is 6.45. The fourth-order valence-corrected chi connectivity index (χ4v) is 3.12. The van der Waals surface area contributed by atoms with Crippen molar-refractivity contribution in [2.75, 3.05) is 6.54 Å². The summed E-state index contributed by atoms with van der Waals surface area (Å²) in [5, 5.41) is 2.82. The maximum Gasteiger partial charge on any atom is 0.281 e. The number of hydrogen-bond donors (Lipinski definition) is 2. The van der Waals surface area contributed by atoms with E-state index in [0.29, 0.717) is 31.6 Å². The first kappa shape index (κ1) is 17.8. The number of nitrogens with zero attached hydrogens (tertiary/aromatic N) is 4. The number of unbranched alkanes of at least 4 members (excludes halogenated alkanes) is 1. The highest BCUT2D eigenvalue weighted by molar-refractivity contribution is 6.19. The highest BCUT2D eigenvalue weighted by Gasteiger charge is 2.37. The van der Waals surface area contributed by atoms with Crippen molar-refractivity contribution in [1.29, 1.82) is 0 Å². The van der Waals surface area contributed by atoms with Crippen LogP contribution < -0.4 is 5.32 Å². The van der Waals surface area contributed by atoms with E-state index in [1.165, 1.54) is 12.4 Å². The fourth-order valence-electron chi connectivity index (χ4n) is 3.12. The SMILES string of the molecule is O=C(CCCCN1C(=O)c2nccnc2C1=O)NCc1nc2ccccc2[nH]1. The molecule has 0 bridgehead atoms. The number of fused-ring (bicyclic) bond motifs is 2. The number of para-hydroxylation sites is 2. The zero-order valence-electron chi connectivity index (χ0n) is 15.0. The predicted octanol–water partition coefficient (Wildman–Crippen LogP) is 1.44. The number of nitrogens with one attached hydrogen (secondary N) is 2. The molecule has 1 aliphatic rings. The molecule has 9 nitrogen and oxygen atoms in total. The van der Waals surface area contributed by atoms with Gasteiger partial charge in [-0.1, -0.05) is 12.1 Å². The standard InChI is InChI=1S/C19H18N6O3/c26-15(22-11-14-23-12-5-1-2-6-13(12)24-14)7-3-4-10-25-18(27)16-17(19(25)28)21-9-8-20-16/h1-2,5-6,8-9H,3-4,7,10-11H2,(H,22,26)(H,23,24). The van der Waals surface area contributed by atoms with Gasteiger partial charge >= 0.3 is 0 Å². The lowest BCUT2D eigenvalue weighted by Crippen LogP contribution is -2.31. The average molecular weight is 378 g/mol. The van der Waals surface area contributed by atoms with Gasteiger partial charge < -0.3 is 10.3 Å². The van der Waals surface area contributed by atoms with Gasteiger partial charge in [0.05, 0.1) is 17.6 Å². The molecule has 0 radical (unpaired) electrons. The molecule has 0 fully saturated rings. The van der Waals surface area contributed by atoms with Gasteiger partial charge in [-0.25, -0.2) is 15.0 Å². The summed E-state index contributed by atoms with van der Waals surface area (Å²) >= 11 is 0. The smallest absolute Gasteiger partial charge is 0.281 e. The minimum absolute atomic E-state index is 0.0936. The van der Waals surface area contributed by atoms with Crippen LogP contribution in [0.25, 0.3) is 11.0 Å². The zero-order valence-corrected chi connectivity index (χ0v) is 15.0. The van der Waals surface area contributed by atoms with Gasteiger partial charge in [-0.05, 0) is 25.0 Å². The van der Waals surface area contributed by atoms with Crippen molar-refractivity contribution >= 4 is 28.8 Å². The summed E-state index contributed by atoms with van der Waals surface area (Å²) in [7, 11) is 0. The number of imidazole rings is 1. The number of aromatic amines is 1. The Hall–Kier alpha value is -3.62. The second kappa shape index (κ2) is 7.55. The van der Waals surface area contributed by atoms with E-state index in [1.54, 1.807) is 0 Å². The Morgan fingerprint density at radius 1 is 1.04 bits per heavy atom. The van der Waals surface area contributed by atoms with Gasteiger partial charge in [-0.15, -0.1) is 0 Å². The van der Waals surface area contributed by atoms with E-state index >= 15 is 0 Å². The van der Waals surface area contributed by atoms with Crippen LogP contribution in [0.1, 0.15) is 46.1 Å². The van der Waals surface area contributed by atoms with Gasteiger partial charge in [0.25, 0.3) is 11.8 Å². The Labute approximate surface area is 160 Å². The number of carbonyl (C=O) groups excluding carboxylic acids is 3. The number of hydrogen-bond acceptors (Lipinski definition) is 6. The molecule has 3 amide bonds. The van der Waals surface area contributed by atoms with Crippen molar-refractivity contribution in [2.24, 2.45) is 0 Å². The highest BCUT2D eigenvalue weighted by atomic mass is 16.2. The molecule has 0 unspecified atom stereocenters. The van der Waals surface area contributed by atoms with E-state index in [-0.39, 0.29) is 23.8 Å². The van der Waals surface area contributed by atoms with E-state index < -0.39 is 11.8 Å². The first-order valence-electron chi connectivity index (χ1n) is 9.01. The molecule has 2 N–H and O–H groups in total. The summed E-state index contributed by atoms with van der Waals surface area (Å²) in [5.41, 5.74) is 1.97. The molecule has 28 heavy (non-hydrogen) atoms. The number of aromatic nitrogens is 4. The van der Waals surface area contributed by atoms with Crippen molar-refractivity contribution in [3.05, 3.63) is 53.9 Å². The average Bonchev–Trinajstić information content (AvgIpc) is 3.24.